The molecular formula is C21H28N4O3. The fourth-order valence-electron chi connectivity index (χ4n) is 3.99. The molecule has 0 spiro atoms. The molecular weight excluding hydrogens is 356 g/mol. The van der Waals surface area contributed by atoms with Gasteiger partial charge in [-0.2, -0.15) is 4.98 Å². The molecule has 28 heavy (non-hydrogen) atoms. The van der Waals surface area contributed by atoms with E-state index in [1.807, 2.05) is 11.1 Å². The van der Waals surface area contributed by atoms with Gasteiger partial charge >= 0.3 is 0 Å². The number of nitrogens with zero attached hydrogens (tertiary/aromatic N) is 4. The Morgan fingerprint density at radius 1 is 1.14 bits per heavy atom. The Morgan fingerprint density at radius 3 is 2.54 bits per heavy atom. The van der Waals surface area contributed by atoms with Gasteiger partial charge in [0.25, 0.3) is 5.91 Å². The minimum atomic E-state index is -0.0251. The Kier molecular flexibility index (Phi) is 5.24. The molecule has 0 radical (unpaired) electrons. The lowest BCUT2D eigenvalue weighted by Gasteiger charge is -2.33. The van der Waals surface area contributed by atoms with Crippen molar-refractivity contribution < 1.29 is 14.3 Å². The molecule has 1 saturated carbocycles. The lowest BCUT2D eigenvalue weighted by Crippen LogP contribution is -2.39. The number of ether oxygens (including phenoxy) is 2. The number of carbonyl (C=O) groups is 1. The van der Waals surface area contributed by atoms with Crippen molar-refractivity contribution in [2.45, 2.75) is 45.1 Å². The van der Waals surface area contributed by atoms with E-state index in [0.717, 1.165) is 32.5 Å². The van der Waals surface area contributed by atoms with Gasteiger partial charge < -0.3 is 18.9 Å². The van der Waals surface area contributed by atoms with Crippen molar-refractivity contribution in [1.82, 2.24) is 19.4 Å². The second-order valence-corrected chi connectivity index (χ2v) is 7.79. The van der Waals surface area contributed by atoms with Gasteiger partial charge in [0.1, 0.15) is 11.4 Å². The standard InChI is InChI=1S/C21H28N4O3/c1-14-12-22-19(16-4-5-16)25(14)13-15-8-10-24(11-9-15)21(26)17-6-7-18(27-2)23-20(17)28-3/h6-7,12,15-16H,4-5,8-11,13H2,1-3H3. The molecule has 0 atom stereocenters. The SMILES string of the molecule is COc1ccc(C(=O)N2CCC(Cn3c(C)cnc3C3CC3)CC2)c(OC)n1. The second-order valence-electron chi connectivity index (χ2n) is 7.79. The molecule has 0 N–H and O–H groups in total. The maximum absolute atomic E-state index is 13.0. The van der Waals surface area contributed by atoms with Crippen molar-refractivity contribution in [2.24, 2.45) is 5.92 Å². The van der Waals surface area contributed by atoms with E-state index in [1.165, 1.54) is 31.5 Å². The third-order valence-electron chi connectivity index (χ3n) is 5.84. The first-order valence-corrected chi connectivity index (χ1v) is 10.0. The van der Waals surface area contributed by atoms with Crippen molar-refractivity contribution in [3.63, 3.8) is 0 Å². The predicted molar refractivity (Wildman–Crippen MR) is 105 cm³/mol. The van der Waals surface area contributed by atoms with Gasteiger partial charge in [0, 0.05) is 43.5 Å². The zero-order valence-corrected chi connectivity index (χ0v) is 16.9. The fraction of sp³-hybridized carbons (Fsp3) is 0.571. The van der Waals surface area contributed by atoms with E-state index >= 15 is 0 Å². The van der Waals surface area contributed by atoms with Crippen molar-refractivity contribution in [2.75, 3.05) is 27.3 Å². The number of piperidine rings is 1. The third-order valence-corrected chi connectivity index (χ3v) is 5.84. The van der Waals surface area contributed by atoms with Crippen LogP contribution in [0.4, 0.5) is 0 Å². The lowest BCUT2D eigenvalue weighted by atomic mass is 9.96. The Balaban J connectivity index is 1.39. The summed E-state index contributed by atoms with van der Waals surface area (Å²) in [6.07, 6.45) is 6.52. The molecule has 1 amide bonds. The van der Waals surface area contributed by atoms with Crippen LogP contribution < -0.4 is 9.47 Å². The first-order chi connectivity index (χ1) is 13.6. The molecule has 7 heteroatoms. The van der Waals surface area contributed by atoms with Crippen LogP contribution >= 0.6 is 0 Å². The number of hydrogen-bond donors (Lipinski definition) is 0. The molecule has 7 nitrogen and oxygen atoms in total. The normalized spacial score (nSPS) is 17.6. The lowest BCUT2D eigenvalue weighted by molar-refractivity contribution is 0.0678. The Labute approximate surface area is 165 Å². The maximum atomic E-state index is 13.0. The number of imidazole rings is 1. The number of pyridine rings is 1. The summed E-state index contributed by atoms with van der Waals surface area (Å²) in [4.78, 5) is 23.7. The highest BCUT2D eigenvalue weighted by Gasteiger charge is 2.31. The quantitative estimate of drug-likeness (QED) is 0.766. The molecule has 2 aromatic heterocycles. The molecule has 1 aliphatic carbocycles. The Hall–Kier alpha value is -2.57. The highest BCUT2D eigenvalue weighted by Crippen LogP contribution is 2.40. The molecule has 0 unspecified atom stereocenters. The first-order valence-electron chi connectivity index (χ1n) is 10.0. The van der Waals surface area contributed by atoms with E-state index in [4.69, 9.17) is 9.47 Å². The van der Waals surface area contributed by atoms with Crippen LogP contribution in [0.3, 0.4) is 0 Å². The molecule has 2 aliphatic rings. The van der Waals surface area contributed by atoms with E-state index in [1.54, 1.807) is 19.2 Å². The first kappa shape index (κ1) is 18.8. The van der Waals surface area contributed by atoms with Crippen molar-refractivity contribution in [3.8, 4) is 11.8 Å². The van der Waals surface area contributed by atoms with Crippen LogP contribution in [0.5, 0.6) is 11.8 Å². The van der Waals surface area contributed by atoms with Gasteiger partial charge in [-0.05, 0) is 44.6 Å². The second kappa shape index (κ2) is 7.81. The number of aromatic nitrogens is 3. The summed E-state index contributed by atoms with van der Waals surface area (Å²) >= 11 is 0. The van der Waals surface area contributed by atoms with Gasteiger partial charge in [-0.1, -0.05) is 0 Å². The van der Waals surface area contributed by atoms with Crippen molar-refractivity contribution >= 4 is 5.91 Å². The molecule has 1 aliphatic heterocycles. The summed E-state index contributed by atoms with van der Waals surface area (Å²) in [6.45, 7) is 4.66. The molecule has 2 aromatic rings. The molecule has 4 rings (SSSR count). The number of methoxy groups -OCH3 is 2. The van der Waals surface area contributed by atoms with E-state index in [9.17, 15) is 4.79 Å². The highest BCUT2D eigenvalue weighted by atomic mass is 16.5. The van der Waals surface area contributed by atoms with Crippen LogP contribution in [-0.4, -0.2) is 52.7 Å². The van der Waals surface area contributed by atoms with Crippen LogP contribution in [0.15, 0.2) is 18.3 Å². The van der Waals surface area contributed by atoms with E-state index in [0.29, 0.717) is 29.2 Å². The molecule has 0 aromatic carbocycles. The van der Waals surface area contributed by atoms with Gasteiger partial charge in [-0.3, -0.25) is 4.79 Å². The van der Waals surface area contributed by atoms with Gasteiger partial charge in [-0.15, -0.1) is 0 Å². The largest absolute Gasteiger partial charge is 0.481 e. The number of aryl methyl sites for hydroxylation is 1. The number of carbonyl (C=O) groups excluding carboxylic acids is 1. The fourth-order valence-corrected chi connectivity index (χ4v) is 3.99. The van der Waals surface area contributed by atoms with Crippen LogP contribution in [0, 0.1) is 12.8 Å². The number of rotatable bonds is 6. The summed E-state index contributed by atoms with van der Waals surface area (Å²) in [5.41, 5.74) is 1.73. The molecule has 0 bridgehead atoms. The summed E-state index contributed by atoms with van der Waals surface area (Å²) in [5.74, 6) is 3.22. The number of amides is 1. The van der Waals surface area contributed by atoms with Crippen LogP contribution in [0.1, 0.15) is 53.5 Å². The van der Waals surface area contributed by atoms with Crippen molar-refractivity contribution in [1.29, 1.82) is 0 Å². The van der Waals surface area contributed by atoms with Crippen LogP contribution in [-0.2, 0) is 6.54 Å². The Bertz CT molecular complexity index is 851. The number of hydrogen-bond acceptors (Lipinski definition) is 5. The molecule has 1 saturated heterocycles. The topological polar surface area (TPSA) is 69.5 Å². The molecule has 2 fully saturated rings. The number of likely N-dealkylation sites (tertiary alicyclic amines) is 1. The molecule has 150 valence electrons. The minimum Gasteiger partial charge on any atom is -0.481 e. The summed E-state index contributed by atoms with van der Waals surface area (Å²) in [6, 6.07) is 3.43. The Morgan fingerprint density at radius 2 is 1.89 bits per heavy atom. The zero-order valence-electron chi connectivity index (χ0n) is 16.9. The monoisotopic (exact) mass is 384 g/mol. The van der Waals surface area contributed by atoms with E-state index in [2.05, 4.69) is 21.5 Å². The van der Waals surface area contributed by atoms with E-state index < -0.39 is 0 Å². The van der Waals surface area contributed by atoms with Crippen molar-refractivity contribution in [3.05, 3.63) is 35.4 Å². The summed E-state index contributed by atoms with van der Waals surface area (Å²) < 4.78 is 12.8. The summed E-state index contributed by atoms with van der Waals surface area (Å²) in [7, 11) is 3.07. The maximum Gasteiger partial charge on any atom is 0.259 e. The smallest absolute Gasteiger partial charge is 0.259 e. The van der Waals surface area contributed by atoms with Gasteiger partial charge in [0.15, 0.2) is 0 Å². The third kappa shape index (κ3) is 3.70. The van der Waals surface area contributed by atoms with Crippen LogP contribution in [0.2, 0.25) is 0 Å². The van der Waals surface area contributed by atoms with Gasteiger partial charge in [0.05, 0.1) is 14.2 Å². The highest BCUT2D eigenvalue weighted by molar-refractivity contribution is 5.96. The van der Waals surface area contributed by atoms with Gasteiger partial charge in [0.2, 0.25) is 11.8 Å². The predicted octanol–water partition coefficient (Wildman–Crippen LogP) is 3.03. The minimum absolute atomic E-state index is 0.0251. The van der Waals surface area contributed by atoms with Gasteiger partial charge in [-0.25, -0.2) is 4.98 Å². The van der Waals surface area contributed by atoms with E-state index in [-0.39, 0.29) is 5.91 Å². The van der Waals surface area contributed by atoms with Crippen LogP contribution in [0.25, 0.3) is 0 Å². The summed E-state index contributed by atoms with van der Waals surface area (Å²) in [5, 5.41) is 0. The average Bonchev–Trinajstić information content (AvgIpc) is 3.51. The molecule has 3 heterocycles. The average molecular weight is 384 g/mol. The zero-order chi connectivity index (χ0) is 19.7.